The molecule has 4 rings (SSSR count). The Morgan fingerprint density at radius 3 is 2.66 bits per heavy atom. The van der Waals surface area contributed by atoms with Crippen LogP contribution in [-0.2, 0) is 4.79 Å². The van der Waals surface area contributed by atoms with E-state index in [9.17, 15) is 14.7 Å². The van der Waals surface area contributed by atoms with Gasteiger partial charge in [0.1, 0.15) is 5.01 Å². The van der Waals surface area contributed by atoms with Crippen LogP contribution in [-0.4, -0.2) is 40.2 Å². The summed E-state index contributed by atoms with van der Waals surface area (Å²) in [6.45, 7) is 6.70. The van der Waals surface area contributed by atoms with Crippen LogP contribution in [0.5, 0.6) is 11.5 Å². The summed E-state index contributed by atoms with van der Waals surface area (Å²) in [6.07, 6.45) is 4.42. The number of hydrogen-bond acceptors (Lipinski definition) is 9. The van der Waals surface area contributed by atoms with Crippen molar-refractivity contribution in [3.8, 4) is 11.5 Å². The van der Waals surface area contributed by atoms with Crippen LogP contribution in [0, 0.1) is 6.92 Å². The third kappa shape index (κ3) is 4.93. The van der Waals surface area contributed by atoms with Gasteiger partial charge < -0.3 is 19.0 Å². The fraction of sp³-hybridized carbons (Fsp3) is 0.360. The molecule has 2 aromatic heterocycles. The molecule has 1 amide bonds. The van der Waals surface area contributed by atoms with E-state index in [-0.39, 0.29) is 16.5 Å². The summed E-state index contributed by atoms with van der Waals surface area (Å²) in [7, 11) is 0. The first-order valence-corrected chi connectivity index (χ1v) is 12.3. The third-order valence-electron chi connectivity index (χ3n) is 5.51. The van der Waals surface area contributed by atoms with Gasteiger partial charge in [0.15, 0.2) is 23.0 Å². The second kappa shape index (κ2) is 10.7. The maximum Gasteiger partial charge on any atom is 0.296 e. The summed E-state index contributed by atoms with van der Waals surface area (Å²) in [5.41, 5.74) is 0.450. The van der Waals surface area contributed by atoms with Crippen molar-refractivity contribution in [2.24, 2.45) is 0 Å². The van der Waals surface area contributed by atoms with Crippen molar-refractivity contribution in [3.05, 3.63) is 64.3 Å². The van der Waals surface area contributed by atoms with Crippen LogP contribution in [0.4, 0.5) is 5.13 Å². The molecule has 1 atom stereocenters. The Balaban J connectivity index is 1.78. The number of aryl methyl sites for hydroxylation is 1. The zero-order chi connectivity index (χ0) is 24.9. The first kappa shape index (κ1) is 24.5. The fourth-order valence-electron chi connectivity index (χ4n) is 3.89. The number of anilines is 1. The van der Waals surface area contributed by atoms with Gasteiger partial charge >= 0.3 is 0 Å². The minimum Gasteiger partial charge on any atom is -0.503 e. The van der Waals surface area contributed by atoms with E-state index in [4.69, 9.17) is 13.9 Å². The summed E-state index contributed by atoms with van der Waals surface area (Å²) in [4.78, 5) is 27.8. The van der Waals surface area contributed by atoms with Gasteiger partial charge in [-0.3, -0.25) is 14.5 Å². The van der Waals surface area contributed by atoms with Crippen molar-refractivity contribution in [1.82, 2.24) is 10.2 Å². The average Bonchev–Trinajstić information content (AvgIpc) is 3.58. The Morgan fingerprint density at radius 2 is 2.00 bits per heavy atom. The zero-order valence-electron chi connectivity index (χ0n) is 19.8. The Morgan fingerprint density at radius 1 is 1.17 bits per heavy atom. The summed E-state index contributed by atoms with van der Waals surface area (Å²) in [6, 6.07) is 7.34. The summed E-state index contributed by atoms with van der Waals surface area (Å²) >= 11 is 1.19. The number of rotatable bonds is 11. The van der Waals surface area contributed by atoms with Gasteiger partial charge in [0.25, 0.3) is 5.91 Å². The van der Waals surface area contributed by atoms with Gasteiger partial charge in [0.05, 0.1) is 31.1 Å². The summed E-state index contributed by atoms with van der Waals surface area (Å²) in [5.74, 6) is -0.908. The van der Waals surface area contributed by atoms with Gasteiger partial charge in [0, 0.05) is 0 Å². The minimum atomic E-state index is -0.958. The monoisotopic (exact) mass is 497 g/mol. The minimum absolute atomic E-state index is 0.0144. The molecule has 0 saturated carbocycles. The number of aromatic nitrogens is 2. The van der Waals surface area contributed by atoms with E-state index in [1.54, 1.807) is 31.2 Å². The number of furan rings is 1. The molecule has 10 heteroatoms. The highest BCUT2D eigenvalue weighted by Crippen LogP contribution is 2.44. The third-order valence-corrected chi connectivity index (χ3v) is 6.35. The maximum atomic E-state index is 13.3. The summed E-state index contributed by atoms with van der Waals surface area (Å²) in [5, 5.41) is 19.8. The van der Waals surface area contributed by atoms with Crippen molar-refractivity contribution >= 4 is 28.2 Å². The van der Waals surface area contributed by atoms with E-state index >= 15 is 0 Å². The number of carbonyl (C=O) groups excluding carboxylic acids is 2. The molecule has 1 aliphatic rings. The molecule has 1 aromatic carbocycles. The van der Waals surface area contributed by atoms with Crippen molar-refractivity contribution in [3.63, 3.8) is 0 Å². The molecule has 0 spiro atoms. The molecule has 9 nitrogen and oxygen atoms in total. The van der Waals surface area contributed by atoms with E-state index in [1.807, 2.05) is 6.92 Å². The lowest BCUT2D eigenvalue weighted by molar-refractivity contribution is -0.117. The summed E-state index contributed by atoms with van der Waals surface area (Å²) < 4.78 is 17.0. The van der Waals surface area contributed by atoms with E-state index in [0.29, 0.717) is 35.3 Å². The molecule has 3 heterocycles. The number of benzene rings is 1. The number of Topliss-reactive ketones (excluding diaryl/α,β-unsaturated/α-hetero) is 1. The van der Waals surface area contributed by atoms with Crippen LogP contribution in [0.3, 0.4) is 0 Å². The number of unbranched alkanes of at least 4 members (excludes halogenated alkanes) is 2. The number of aliphatic hydroxyl groups is 1. The number of aliphatic hydroxyl groups excluding tert-OH is 1. The molecule has 0 bridgehead atoms. The Bertz CT molecular complexity index is 1230. The second-order valence-corrected chi connectivity index (χ2v) is 9.10. The predicted octanol–water partition coefficient (Wildman–Crippen LogP) is 5.19. The predicted molar refractivity (Wildman–Crippen MR) is 130 cm³/mol. The number of ether oxygens (including phenoxy) is 2. The average molecular weight is 498 g/mol. The lowest BCUT2D eigenvalue weighted by atomic mass is 9.95. The lowest BCUT2D eigenvalue weighted by Gasteiger charge is -2.25. The molecular formula is C25H27N3O6S. The Labute approximate surface area is 207 Å². The van der Waals surface area contributed by atoms with Crippen molar-refractivity contribution < 1.29 is 28.6 Å². The van der Waals surface area contributed by atoms with Gasteiger partial charge in [-0.2, -0.15) is 0 Å². The van der Waals surface area contributed by atoms with E-state index < -0.39 is 23.5 Å². The van der Waals surface area contributed by atoms with Gasteiger partial charge in [0.2, 0.25) is 10.9 Å². The molecule has 1 aliphatic heterocycles. The van der Waals surface area contributed by atoms with Crippen molar-refractivity contribution in [2.75, 3.05) is 18.1 Å². The zero-order valence-corrected chi connectivity index (χ0v) is 20.6. The fourth-order valence-corrected chi connectivity index (χ4v) is 4.60. The van der Waals surface area contributed by atoms with Gasteiger partial charge in [-0.1, -0.05) is 37.2 Å². The van der Waals surface area contributed by atoms with Gasteiger partial charge in [-0.25, -0.2) is 0 Å². The van der Waals surface area contributed by atoms with Crippen LogP contribution in [0.1, 0.15) is 60.3 Å². The number of amides is 1. The van der Waals surface area contributed by atoms with Gasteiger partial charge in [-0.15, -0.1) is 10.2 Å². The van der Waals surface area contributed by atoms with Crippen LogP contribution < -0.4 is 14.4 Å². The SMILES string of the molecule is CCCCCOc1ccc(C2C(C(=O)c3ccco3)=C(O)C(=O)N2c2nnc(C)s2)cc1OCC. The number of nitrogens with zero attached hydrogens (tertiary/aromatic N) is 3. The quantitative estimate of drug-likeness (QED) is 0.284. The molecule has 35 heavy (non-hydrogen) atoms. The van der Waals surface area contributed by atoms with E-state index in [1.165, 1.54) is 28.6 Å². The molecule has 184 valence electrons. The highest BCUT2D eigenvalue weighted by Gasteiger charge is 2.46. The Hall–Kier alpha value is -3.66. The van der Waals surface area contributed by atoms with E-state index in [2.05, 4.69) is 17.1 Å². The molecular weight excluding hydrogens is 470 g/mol. The lowest BCUT2D eigenvalue weighted by Crippen LogP contribution is -2.31. The van der Waals surface area contributed by atoms with E-state index in [0.717, 1.165) is 19.3 Å². The topological polar surface area (TPSA) is 115 Å². The number of ketones is 1. The van der Waals surface area contributed by atoms with Crippen LogP contribution in [0.2, 0.25) is 0 Å². The molecule has 1 unspecified atom stereocenters. The molecule has 0 saturated heterocycles. The molecule has 0 fully saturated rings. The van der Waals surface area contributed by atoms with Gasteiger partial charge in [-0.05, 0) is 50.1 Å². The smallest absolute Gasteiger partial charge is 0.296 e. The van der Waals surface area contributed by atoms with Crippen LogP contribution in [0.15, 0.2) is 52.3 Å². The normalized spacial score (nSPS) is 15.7. The standard InChI is InChI=1S/C25H27N3O6S/c1-4-6-7-12-33-17-11-10-16(14-19(17)32-5-2)21-20(22(29)18-9-8-13-34-18)23(30)24(31)28(21)25-27-26-15(3)35-25/h8-11,13-14,21,30H,4-7,12H2,1-3H3. The first-order valence-electron chi connectivity index (χ1n) is 11.5. The maximum absolute atomic E-state index is 13.3. The molecule has 1 N–H and O–H groups in total. The van der Waals surface area contributed by atoms with Crippen LogP contribution in [0.25, 0.3) is 0 Å². The molecule has 0 radical (unpaired) electrons. The van der Waals surface area contributed by atoms with Crippen molar-refractivity contribution in [1.29, 1.82) is 0 Å². The highest BCUT2D eigenvalue weighted by atomic mass is 32.1. The molecule has 0 aliphatic carbocycles. The first-order chi connectivity index (χ1) is 17.0. The Kier molecular flexibility index (Phi) is 7.50. The van der Waals surface area contributed by atoms with Crippen LogP contribution >= 0.6 is 11.3 Å². The highest BCUT2D eigenvalue weighted by molar-refractivity contribution is 7.15. The van der Waals surface area contributed by atoms with Crippen molar-refractivity contribution in [2.45, 2.75) is 46.1 Å². The largest absolute Gasteiger partial charge is 0.503 e. The number of hydrogen-bond donors (Lipinski definition) is 1. The second-order valence-electron chi connectivity index (χ2n) is 7.94. The molecule has 3 aromatic rings. The number of carbonyl (C=O) groups is 2.